The highest BCUT2D eigenvalue weighted by molar-refractivity contribution is 5.70. The molecule has 0 bridgehead atoms. The van der Waals surface area contributed by atoms with Gasteiger partial charge in [-0.1, -0.05) is 0 Å². The standard InChI is InChI=1S/C13H15NO3/c1-9(8-14-2)10-6-11(15-3)13(17-5)12(7-10)16-4/h6-8H,1,3-5H3. The largest absolute Gasteiger partial charge is 0.493 e. The molecule has 0 amide bonds. The summed E-state index contributed by atoms with van der Waals surface area (Å²) < 4.78 is 15.7. The quantitative estimate of drug-likeness (QED) is 0.749. The van der Waals surface area contributed by atoms with Crippen molar-refractivity contribution in [2.75, 3.05) is 21.3 Å². The number of methoxy groups -OCH3 is 3. The average molecular weight is 233 g/mol. The fraction of sp³-hybridized carbons (Fsp3) is 0.308. The van der Waals surface area contributed by atoms with Gasteiger partial charge in [-0.2, -0.15) is 0 Å². The number of nitrogens with zero attached hydrogens (tertiary/aromatic N) is 1. The predicted molar refractivity (Wildman–Crippen MR) is 66.4 cm³/mol. The summed E-state index contributed by atoms with van der Waals surface area (Å²) in [6.07, 6.45) is 1.46. The van der Waals surface area contributed by atoms with E-state index in [2.05, 4.69) is 4.85 Å². The fourth-order valence-electron chi connectivity index (χ4n) is 1.48. The molecule has 0 fully saturated rings. The average Bonchev–Trinajstić information content (AvgIpc) is 2.37. The third kappa shape index (κ3) is 2.70. The van der Waals surface area contributed by atoms with Crippen LogP contribution in [0.5, 0.6) is 17.2 Å². The minimum Gasteiger partial charge on any atom is -0.493 e. The lowest BCUT2D eigenvalue weighted by atomic mass is 10.1. The van der Waals surface area contributed by atoms with E-state index in [1.54, 1.807) is 21.3 Å². The molecule has 0 N–H and O–H groups in total. The second-order valence-corrected chi connectivity index (χ2v) is 3.36. The summed E-state index contributed by atoms with van der Waals surface area (Å²) in [5.41, 5.74) is 1.72. The molecule has 90 valence electrons. The molecule has 17 heavy (non-hydrogen) atoms. The van der Waals surface area contributed by atoms with Gasteiger partial charge in [0.25, 0.3) is 0 Å². The fourth-order valence-corrected chi connectivity index (χ4v) is 1.48. The molecule has 0 aliphatic carbocycles. The Hall–Kier alpha value is -2.15. The second-order valence-electron chi connectivity index (χ2n) is 3.36. The molecule has 4 nitrogen and oxygen atoms in total. The van der Waals surface area contributed by atoms with Crippen LogP contribution in [0.15, 0.2) is 18.3 Å². The van der Waals surface area contributed by atoms with Crippen LogP contribution in [0.4, 0.5) is 0 Å². The third-order valence-electron chi connectivity index (χ3n) is 2.38. The molecular formula is C13H15NO3. The maximum atomic E-state index is 6.82. The molecule has 0 atom stereocenters. The van der Waals surface area contributed by atoms with Gasteiger partial charge in [-0.25, -0.2) is 4.85 Å². The lowest BCUT2D eigenvalue weighted by Gasteiger charge is -2.14. The van der Waals surface area contributed by atoms with Crippen molar-refractivity contribution in [2.24, 2.45) is 0 Å². The summed E-state index contributed by atoms with van der Waals surface area (Å²) >= 11 is 0. The lowest BCUT2D eigenvalue weighted by Crippen LogP contribution is -1.96. The Kier molecular flexibility index (Phi) is 4.41. The highest BCUT2D eigenvalue weighted by Crippen LogP contribution is 2.39. The van der Waals surface area contributed by atoms with Gasteiger partial charge in [0.2, 0.25) is 5.75 Å². The van der Waals surface area contributed by atoms with Crippen LogP contribution in [0.2, 0.25) is 0 Å². The Labute approximate surface area is 101 Å². The zero-order valence-corrected chi connectivity index (χ0v) is 10.4. The zero-order chi connectivity index (χ0) is 12.8. The van der Waals surface area contributed by atoms with Crippen molar-refractivity contribution in [2.45, 2.75) is 6.92 Å². The molecule has 0 saturated carbocycles. The molecule has 0 aliphatic heterocycles. The minimum atomic E-state index is 0.550. The van der Waals surface area contributed by atoms with Crippen LogP contribution in [0.3, 0.4) is 0 Å². The van der Waals surface area contributed by atoms with Crippen molar-refractivity contribution in [1.29, 1.82) is 0 Å². The summed E-state index contributed by atoms with van der Waals surface area (Å²) in [6, 6.07) is 3.64. The number of benzene rings is 1. The third-order valence-corrected chi connectivity index (χ3v) is 2.38. The summed E-state index contributed by atoms with van der Waals surface area (Å²) in [5, 5.41) is 0. The molecule has 4 heteroatoms. The first-order valence-electron chi connectivity index (χ1n) is 5.01. The van der Waals surface area contributed by atoms with Gasteiger partial charge in [-0.15, -0.1) is 0 Å². The first-order chi connectivity index (χ1) is 8.17. The van der Waals surface area contributed by atoms with E-state index in [0.29, 0.717) is 17.2 Å². The van der Waals surface area contributed by atoms with Crippen molar-refractivity contribution in [3.05, 3.63) is 35.3 Å². The first kappa shape index (κ1) is 12.9. The second kappa shape index (κ2) is 5.80. The van der Waals surface area contributed by atoms with Crippen molar-refractivity contribution in [3.8, 4) is 17.2 Å². The number of ether oxygens (including phenoxy) is 3. The summed E-state index contributed by atoms with van der Waals surface area (Å²) in [4.78, 5) is 3.24. The summed E-state index contributed by atoms with van der Waals surface area (Å²) in [6.45, 7) is 8.68. The van der Waals surface area contributed by atoms with Gasteiger partial charge >= 0.3 is 0 Å². The van der Waals surface area contributed by atoms with E-state index < -0.39 is 0 Å². The number of rotatable bonds is 4. The summed E-state index contributed by atoms with van der Waals surface area (Å²) in [5.74, 6) is 1.72. The highest BCUT2D eigenvalue weighted by Gasteiger charge is 2.13. The smallest absolute Gasteiger partial charge is 0.203 e. The maximum absolute atomic E-state index is 6.82. The van der Waals surface area contributed by atoms with Gasteiger partial charge in [0, 0.05) is 0 Å². The van der Waals surface area contributed by atoms with Crippen molar-refractivity contribution < 1.29 is 14.2 Å². The number of allylic oxidation sites excluding steroid dienone is 1. The van der Waals surface area contributed by atoms with Crippen LogP contribution in [0.25, 0.3) is 10.4 Å². The Morgan fingerprint density at radius 3 is 2.00 bits per heavy atom. The van der Waals surface area contributed by atoms with Crippen LogP contribution in [0.1, 0.15) is 12.5 Å². The molecule has 0 aromatic heterocycles. The normalized spacial score (nSPS) is 10.6. The van der Waals surface area contributed by atoms with Gasteiger partial charge < -0.3 is 14.2 Å². The Balaban J connectivity index is 3.38. The van der Waals surface area contributed by atoms with E-state index in [0.717, 1.165) is 11.1 Å². The SMILES string of the molecule is [C-]#[N+]C=C(C)c1cc(OC)c(OC)c(OC)c1. The molecule has 1 aromatic rings. The molecule has 0 heterocycles. The van der Waals surface area contributed by atoms with Crippen molar-refractivity contribution in [3.63, 3.8) is 0 Å². The van der Waals surface area contributed by atoms with Crippen molar-refractivity contribution in [1.82, 2.24) is 0 Å². The highest BCUT2D eigenvalue weighted by atomic mass is 16.5. The molecule has 0 unspecified atom stereocenters. The Morgan fingerprint density at radius 1 is 1.12 bits per heavy atom. The van der Waals surface area contributed by atoms with E-state index in [-0.39, 0.29) is 0 Å². The molecule has 0 radical (unpaired) electrons. The van der Waals surface area contributed by atoms with Crippen LogP contribution in [-0.2, 0) is 0 Å². The van der Waals surface area contributed by atoms with Crippen LogP contribution in [-0.4, -0.2) is 21.3 Å². The van der Waals surface area contributed by atoms with E-state index in [1.807, 2.05) is 19.1 Å². The van der Waals surface area contributed by atoms with Crippen molar-refractivity contribution >= 4 is 5.57 Å². The molecule has 1 aromatic carbocycles. The van der Waals surface area contributed by atoms with E-state index >= 15 is 0 Å². The molecule has 0 aliphatic rings. The zero-order valence-electron chi connectivity index (χ0n) is 10.4. The van der Waals surface area contributed by atoms with Gasteiger partial charge in [-0.05, 0) is 30.2 Å². The topological polar surface area (TPSA) is 32.0 Å². The maximum Gasteiger partial charge on any atom is 0.203 e. The Morgan fingerprint density at radius 2 is 1.65 bits per heavy atom. The first-order valence-corrected chi connectivity index (χ1v) is 5.01. The van der Waals surface area contributed by atoms with Crippen LogP contribution < -0.4 is 14.2 Å². The van der Waals surface area contributed by atoms with Gasteiger partial charge in [-0.3, -0.25) is 0 Å². The van der Waals surface area contributed by atoms with E-state index in [9.17, 15) is 0 Å². The minimum absolute atomic E-state index is 0.550. The summed E-state index contributed by atoms with van der Waals surface area (Å²) in [7, 11) is 4.69. The lowest BCUT2D eigenvalue weighted by molar-refractivity contribution is 0.324. The molecular weight excluding hydrogens is 218 g/mol. The molecule has 0 saturated heterocycles. The Bertz CT molecular complexity index is 447. The number of hydrogen-bond acceptors (Lipinski definition) is 3. The van der Waals surface area contributed by atoms with Gasteiger partial charge in [0.15, 0.2) is 17.7 Å². The molecule has 1 rings (SSSR count). The monoisotopic (exact) mass is 233 g/mol. The van der Waals surface area contributed by atoms with E-state index in [1.165, 1.54) is 6.20 Å². The predicted octanol–water partition coefficient (Wildman–Crippen LogP) is 2.99. The van der Waals surface area contributed by atoms with Crippen LogP contribution in [0, 0.1) is 6.57 Å². The van der Waals surface area contributed by atoms with Gasteiger partial charge in [0.1, 0.15) is 0 Å². The molecule has 0 spiro atoms. The van der Waals surface area contributed by atoms with E-state index in [4.69, 9.17) is 20.8 Å². The van der Waals surface area contributed by atoms with Gasteiger partial charge in [0.05, 0.1) is 27.9 Å². The van der Waals surface area contributed by atoms with Crippen LogP contribution >= 0.6 is 0 Å². The number of hydrogen-bond donors (Lipinski definition) is 0.